The summed E-state index contributed by atoms with van der Waals surface area (Å²) in [7, 11) is 1.30. The van der Waals surface area contributed by atoms with Crippen LogP contribution in [0, 0.1) is 0 Å². The molecule has 0 saturated heterocycles. The van der Waals surface area contributed by atoms with Crippen LogP contribution in [0.2, 0.25) is 0 Å². The van der Waals surface area contributed by atoms with Crippen molar-refractivity contribution in [2.45, 2.75) is 0 Å². The molecule has 3 heteroatoms. The van der Waals surface area contributed by atoms with Crippen LogP contribution in [0.4, 0.5) is 0 Å². The highest BCUT2D eigenvalue weighted by Gasteiger charge is 2.03. The van der Waals surface area contributed by atoms with E-state index in [9.17, 15) is 4.79 Å². The number of carbonyl (C=O) groups excluding carboxylic acids is 1. The summed E-state index contributed by atoms with van der Waals surface area (Å²) in [5.74, 6) is -0.456. The van der Waals surface area contributed by atoms with Gasteiger partial charge in [-0.1, -0.05) is 54.6 Å². The van der Waals surface area contributed by atoms with Crippen LogP contribution >= 0.6 is 0 Å². The molecule has 2 aromatic rings. The molecule has 1 amide bonds. The number of amides is 1. The molecule has 2 aromatic carbocycles. The average Bonchev–Trinajstić information content (AvgIpc) is 2.46. The predicted molar refractivity (Wildman–Crippen MR) is 75.5 cm³/mol. The highest BCUT2D eigenvalue weighted by molar-refractivity contribution is 5.92. The minimum absolute atomic E-state index is 0.456. The third-order valence-corrected chi connectivity index (χ3v) is 2.77. The predicted octanol–water partition coefficient (Wildman–Crippen LogP) is 3.21. The van der Waals surface area contributed by atoms with E-state index in [1.165, 1.54) is 13.1 Å². The molecule has 1 N–H and O–H groups in total. The second-order valence-corrected chi connectivity index (χ2v) is 4.15. The summed E-state index contributed by atoms with van der Waals surface area (Å²) in [5.41, 5.74) is 3.07. The van der Waals surface area contributed by atoms with Gasteiger partial charge in [0, 0.05) is 13.1 Å². The van der Waals surface area contributed by atoms with Crippen molar-refractivity contribution in [3.8, 4) is 11.1 Å². The van der Waals surface area contributed by atoms with Gasteiger partial charge >= 0.3 is 0 Å². The Morgan fingerprint density at radius 2 is 1.68 bits per heavy atom. The molecule has 19 heavy (non-hydrogen) atoms. The molecule has 0 aliphatic heterocycles. The first-order valence-electron chi connectivity index (χ1n) is 5.97. The van der Waals surface area contributed by atoms with Gasteiger partial charge in [0.05, 0.1) is 0 Å². The largest absolute Gasteiger partial charge is 0.286 e. The van der Waals surface area contributed by atoms with Gasteiger partial charge in [-0.2, -0.15) is 0 Å². The van der Waals surface area contributed by atoms with Crippen LogP contribution in [0.15, 0.2) is 60.7 Å². The van der Waals surface area contributed by atoms with Crippen LogP contribution in [0.25, 0.3) is 17.2 Å². The van der Waals surface area contributed by atoms with Crippen molar-refractivity contribution in [2.75, 3.05) is 7.05 Å². The number of benzene rings is 2. The fraction of sp³-hybridized carbons (Fsp3) is 0.0625. The molecule has 0 heterocycles. The summed E-state index contributed by atoms with van der Waals surface area (Å²) < 4.78 is 0. The molecular weight excluding hydrogens is 238 g/mol. The Hall–Kier alpha value is -2.39. The maximum atomic E-state index is 11.4. The van der Waals surface area contributed by atoms with Crippen molar-refractivity contribution < 1.29 is 10.0 Å². The zero-order chi connectivity index (χ0) is 13.7. The fourth-order valence-corrected chi connectivity index (χ4v) is 1.79. The lowest BCUT2D eigenvalue weighted by molar-refractivity contribution is -0.153. The molecule has 0 unspecified atom stereocenters. The Morgan fingerprint density at radius 3 is 2.37 bits per heavy atom. The molecule has 0 aliphatic carbocycles. The second-order valence-electron chi connectivity index (χ2n) is 4.15. The lowest BCUT2D eigenvalue weighted by Gasteiger charge is -2.07. The van der Waals surface area contributed by atoms with Crippen molar-refractivity contribution >= 4 is 12.0 Å². The third kappa shape index (κ3) is 3.30. The number of hydrogen-bond acceptors (Lipinski definition) is 2. The zero-order valence-electron chi connectivity index (χ0n) is 10.7. The van der Waals surface area contributed by atoms with Gasteiger partial charge in [-0.05, 0) is 22.8 Å². The van der Waals surface area contributed by atoms with Crippen molar-refractivity contribution in [2.24, 2.45) is 0 Å². The molecule has 0 fully saturated rings. The Morgan fingerprint density at radius 1 is 1.05 bits per heavy atom. The minimum atomic E-state index is -0.456. The van der Waals surface area contributed by atoms with E-state index in [1.807, 2.05) is 54.6 Å². The first kappa shape index (κ1) is 13.1. The zero-order valence-corrected chi connectivity index (χ0v) is 10.7. The Labute approximate surface area is 112 Å². The number of hydrogen-bond donors (Lipinski definition) is 1. The molecule has 0 spiro atoms. The smallest absolute Gasteiger partial charge is 0.269 e. The molecule has 0 aliphatic rings. The van der Waals surface area contributed by atoms with E-state index >= 15 is 0 Å². The first-order valence-corrected chi connectivity index (χ1v) is 5.97. The number of carbonyl (C=O) groups is 1. The van der Waals surface area contributed by atoms with Crippen LogP contribution < -0.4 is 0 Å². The number of nitrogens with zero attached hydrogens (tertiary/aromatic N) is 1. The summed E-state index contributed by atoms with van der Waals surface area (Å²) in [4.78, 5) is 11.4. The molecular formula is C16H15NO2. The van der Waals surface area contributed by atoms with Gasteiger partial charge in [-0.15, -0.1) is 0 Å². The maximum Gasteiger partial charge on any atom is 0.269 e. The van der Waals surface area contributed by atoms with Gasteiger partial charge in [-0.25, -0.2) is 5.06 Å². The van der Waals surface area contributed by atoms with Crippen LogP contribution in [0.1, 0.15) is 5.56 Å². The molecule has 2 rings (SSSR count). The van der Waals surface area contributed by atoms with Gasteiger partial charge in [0.25, 0.3) is 5.91 Å². The molecule has 0 bridgehead atoms. The topological polar surface area (TPSA) is 40.5 Å². The molecule has 0 atom stereocenters. The Balaban J connectivity index is 2.35. The van der Waals surface area contributed by atoms with E-state index in [-0.39, 0.29) is 0 Å². The molecule has 0 radical (unpaired) electrons. The summed E-state index contributed by atoms with van der Waals surface area (Å²) in [6.45, 7) is 0. The monoisotopic (exact) mass is 253 g/mol. The lowest BCUT2D eigenvalue weighted by Crippen LogP contribution is -2.19. The molecule has 96 valence electrons. The number of hydroxylamine groups is 2. The molecule has 3 nitrogen and oxygen atoms in total. The second kappa shape index (κ2) is 5.98. The fourth-order valence-electron chi connectivity index (χ4n) is 1.79. The van der Waals surface area contributed by atoms with Gasteiger partial charge in [-0.3, -0.25) is 10.0 Å². The Bertz CT molecular complexity index is 589. The summed E-state index contributed by atoms with van der Waals surface area (Å²) in [5, 5.41) is 9.57. The number of rotatable bonds is 3. The average molecular weight is 253 g/mol. The van der Waals surface area contributed by atoms with Gasteiger partial charge < -0.3 is 0 Å². The lowest BCUT2D eigenvalue weighted by atomic mass is 9.99. The van der Waals surface area contributed by atoms with Gasteiger partial charge in [0.1, 0.15) is 0 Å². The summed E-state index contributed by atoms with van der Waals surface area (Å²) >= 11 is 0. The normalized spacial score (nSPS) is 10.6. The van der Waals surface area contributed by atoms with Crippen LogP contribution in [-0.4, -0.2) is 23.2 Å². The Kier molecular flexibility index (Phi) is 4.11. The minimum Gasteiger partial charge on any atom is -0.286 e. The van der Waals surface area contributed by atoms with E-state index in [4.69, 9.17) is 5.21 Å². The SMILES string of the molecule is CN(O)C(=O)C=Cc1ccccc1-c1ccccc1. The molecule has 0 aromatic heterocycles. The van der Waals surface area contributed by atoms with Crippen molar-refractivity contribution in [1.29, 1.82) is 0 Å². The standard InChI is InChI=1S/C16H15NO2/c1-17(19)16(18)12-11-14-9-5-6-10-15(14)13-7-3-2-4-8-13/h2-12,19H,1H3. The van der Waals surface area contributed by atoms with E-state index in [0.717, 1.165) is 16.7 Å². The van der Waals surface area contributed by atoms with E-state index < -0.39 is 5.91 Å². The first-order chi connectivity index (χ1) is 9.18. The van der Waals surface area contributed by atoms with Crippen molar-refractivity contribution in [3.05, 3.63) is 66.2 Å². The van der Waals surface area contributed by atoms with E-state index in [2.05, 4.69) is 0 Å². The molecule has 0 saturated carbocycles. The van der Waals surface area contributed by atoms with Crippen LogP contribution in [-0.2, 0) is 4.79 Å². The quantitative estimate of drug-likeness (QED) is 0.518. The third-order valence-electron chi connectivity index (χ3n) is 2.77. The van der Waals surface area contributed by atoms with E-state index in [1.54, 1.807) is 6.08 Å². The van der Waals surface area contributed by atoms with Crippen molar-refractivity contribution in [1.82, 2.24) is 5.06 Å². The highest BCUT2D eigenvalue weighted by atomic mass is 16.5. The van der Waals surface area contributed by atoms with Gasteiger partial charge in [0.2, 0.25) is 0 Å². The maximum absolute atomic E-state index is 11.4. The van der Waals surface area contributed by atoms with Crippen molar-refractivity contribution in [3.63, 3.8) is 0 Å². The van der Waals surface area contributed by atoms with Crippen LogP contribution in [0.5, 0.6) is 0 Å². The summed E-state index contributed by atoms with van der Waals surface area (Å²) in [6.07, 6.45) is 3.05. The highest BCUT2D eigenvalue weighted by Crippen LogP contribution is 2.24. The van der Waals surface area contributed by atoms with Crippen LogP contribution in [0.3, 0.4) is 0 Å². The number of likely N-dealkylation sites (N-methyl/N-ethyl adjacent to an activating group) is 1. The summed E-state index contributed by atoms with van der Waals surface area (Å²) in [6, 6.07) is 17.8. The van der Waals surface area contributed by atoms with Gasteiger partial charge in [0.15, 0.2) is 0 Å². The van der Waals surface area contributed by atoms with E-state index in [0.29, 0.717) is 5.06 Å².